The van der Waals surface area contributed by atoms with Gasteiger partial charge in [-0.15, -0.1) is 0 Å². The molecule has 3 nitrogen and oxygen atoms in total. The van der Waals surface area contributed by atoms with Gasteiger partial charge in [-0.2, -0.15) is 0 Å². The van der Waals surface area contributed by atoms with E-state index in [1.807, 2.05) is 6.92 Å². The number of Topliss-reactive ketones (excluding diaryl/α,β-unsaturated/α-hetero) is 1. The van der Waals surface area contributed by atoms with Crippen LogP contribution in [-0.4, -0.2) is 22.3 Å². The number of ketones is 2. The molecule has 1 unspecified atom stereocenters. The molecule has 0 spiro atoms. The van der Waals surface area contributed by atoms with Crippen LogP contribution in [0.4, 0.5) is 0 Å². The second kappa shape index (κ2) is 18.8. The third-order valence-electron chi connectivity index (χ3n) is 8.16. The molecule has 0 heterocycles. The van der Waals surface area contributed by atoms with Crippen LogP contribution in [0.2, 0.25) is 0 Å². The van der Waals surface area contributed by atoms with E-state index >= 15 is 0 Å². The van der Waals surface area contributed by atoms with Gasteiger partial charge in [-0.25, -0.2) is 0 Å². The SMILES string of the molecule is CC(C)=CCC/C(C)=C/CC/C(C)=C/CC/C(C)=C/CC/C(C)=C/CCC(C)(O)CCC1=CC(=O)C(C)=C(C)C1=O. The van der Waals surface area contributed by atoms with Crippen LogP contribution in [0.1, 0.15) is 139 Å². The molecule has 0 aromatic carbocycles. The summed E-state index contributed by atoms with van der Waals surface area (Å²) in [6.07, 6.45) is 24.4. The third kappa shape index (κ3) is 15.9. The molecule has 0 radical (unpaired) electrons. The number of allylic oxidation sites excluding steroid dienone is 14. The number of hydrogen-bond donors (Lipinski definition) is 1. The fourth-order valence-electron chi connectivity index (χ4n) is 4.91. The maximum atomic E-state index is 12.5. The highest BCUT2D eigenvalue weighted by atomic mass is 16.3. The van der Waals surface area contributed by atoms with Crippen molar-refractivity contribution < 1.29 is 14.7 Å². The molecular weight excluding hydrogens is 504 g/mol. The van der Waals surface area contributed by atoms with E-state index in [1.54, 1.807) is 13.8 Å². The van der Waals surface area contributed by atoms with Gasteiger partial charge in [0.2, 0.25) is 0 Å². The van der Waals surface area contributed by atoms with Crippen LogP contribution in [0.25, 0.3) is 0 Å². The van der Waals surface area contributed by atoms with E-state index < -0.39 is 5.60 Å². The molecule has 0 aromatic rings. The van der Waals surface area contributed by atoms with E-state index in [-0.39, 0.29) is 11.6 Å². The van der Waals surface area contributed by atoms with Crippen LogP contribution in [-0.2, 0) is 9.59 Å². The summed E-state index contributed by atoms with van der Waals surface area (Å²) in [7, 11) is 0. The van der Waals surface area contributed by atoms with E-state index in [4.69, 9.17) is 0 Å². The third-order valence-corrected chi connectivity index (χ3v) is 8.16. The lowest BCUT2D eigenvalue weighted by atomic mass is 9.85. The lowest BCUT2D eigenvalue weighted by Gasteiger charge is -2.24. The van der Waals surface area contributed by atoms with Gasteiger partial charge in [0.15, 0.2) is 11.6 Å². The van der Waals surface area contributed by atoms with Crippen LogP contribution in [0.15, 0.2) is 81.0 Å². The van der Waals surface area contributed by atoms with Crippen molar-refractivity contribution in [1.29, 1.82) is 0 Å². The zero-order valence-electron chi connectivity index (χ0n) is 27.7. The minimum atomic E-state index is -0.867. The Kier molecular flexibility index (Phi) is 16.8. The summed E-state index contributed by atoms with van der Waals surface area (Å²) >= 11 is 0. The van der Waals surface area contributed by atoms with Gasteiger partial charge in [-0.1, -0.05) is 58.2 Å². The van der Waals surface area contributed by atoms with Gasteiger partial charge in [0.1, 0.15) is 0 Å². The molecule has 0 saturated carbocycles. The molecule has 1 rings (SSSR count). The number of carbonyl (C=O) groups excluding carboxylic acids is 2. The Morgan fingerprint density at radius 3 is 1.51 bits per heavy atom. The minimum Gasteiger partial charge on any atom is -0.390 e. The highest BCUT2D eigenvalue weighted by molar-refractivity contribution is 6.22. The van der Waals surface area contributed by atoms with Crippen LogP contribution in [0.3, 0.4) is 0 Å². The maximum Gasteiger partial charge on any atom is 0.185 e. The monoisotopic (exact) mass is 562 g/mol. The van der Waals surface area contributed by atoms with Crippen molar-refractivity contribution in [2.24, 2.45) is 0 Å². The first-order valence-corrected chi connectivity index (χ1v) is 15.7. The number of rotatable bonds is 18. The Morgan fingerprint density at radius 2 is 1.07 bits per heavy atom. The summed E-state index contributed by atoms with van der Waals surface area (Å²) < 4.78 is 0. The predicted octanol–water partition coefficient (Wildman–Crippen LogP) is 10.6. The second-order valence-electron chi connectivity index (χ2n) is 12.8. The number of aliphatic hydroxyl groups is 1. The van der Waals surface area contributed by atoms with E-state index in [2.05, 4.69) is 71.9 Å². The van der Waals surface area contributed by atoms with Crippen LogP contribution >= 0.6 is 0 Å². The van der Waals surface area contributed by atoms with Crippen molar-refractivity contribution in [2.45, 2.75) is 145 Å². The van der Waals surface area contributed by atoms with Gasteiger partial charge >= 0.3 is 0 Å². The zero-order chi connectivity index (χ0) is 31.0. The molecule has 1 aliphatic rings. The smallest absolute Gasteiger partial charge is 0.185 e. The lowest BCUT2D eigenvalue weighted by molar-refractivity contribution is -0.116. The van der Waals surface area contributed by atoms with Gasteiger partial charge in [0.25, 0.3) is 0 Å². The Morgan fingerprint density at radius 1 is 0.659 bits per heavy atom. The molecule has 0 saturated heterocycles. The summed E-state index contributed by atoms with van der Waals surface area (Å²) in [4.78, 5) is 24.5. The molecule has 0 aromatic heterocycles. The molecule has 0 fully saturated rings. The standard InChI is InChI=1S/C38H58O3/c1-28(2)15-10-16-29(3)17-11-18-30(4)19-12-20-31(5)21-13-22-32(6)23-14-25-38(9,41)26-24-35-27-36(39)33(7)34(8)37(35)40/h15,17,19,21,23,27,41H,10-14,16,18,20,22,24-26H2,1-9H3/b29-17+,30-19+,31-21+,32-23+. The Balaban J connectivity index is 2.33. The van der Waals surface area contributed by atoms with Gasteiger partial charge in [-0.3, -0.25) is 9.59 Å². The van der Waals surface area contributed by atoms with Crippen LogP contribution in [0, 0.1) is 0 Å². The van der Waals surface area contributed by atoms with Crippen LogP contribution < -0.4 is 0 Å². The minimum absolute atomic E-state index is 0.0626. The maximum absolute atomic E-state index is 12.5. The molecule has 0 aliphatic heterocycles. The van der Waals surface area contributed by atoms with Gasteiger partial charge in [-0.05, 0) is 145 Å². The fourth-order valence-corrected chi connectivity index (χ4v) is 4.91. The van der Waals surface area contributed by atoms with Crippen molar-refractivity contribution in [3.8, 4) is 0 Å². The number of hydrogen-bond acceptors (Lipinski definition) is 3. The van der Waals surface area contributed by atoms with E-state index in [9.17, 15) is 14.7 Å². The molecule has 41 heavy (non-hydrogen) atoms. The quantitative estimate of drug-likeness (QED) is 0.133. The lowest BCUT2D eigenvalue weighted by Crippen LogP contribution is -2.25. The van der Waals surface area contributed by atoms with Gasteiger partial charge in [0, 0.05) is 16.7 Å². The predicted molar refractivity (Wildman–Crippen MR) is 177 cm³/mol. The molecular formula is C38H58O3. The molecule has 0 amide bonds. The molecule has 0 bridgehead atoms. The Hall–Kier alpha value is -2.52. The summed E-state index contributed by atoms with van der Waals surface area (Å²) in [6, 6.07) is 0. The van der Waals surface area contributed by atoms with Crippen molar-refractivity contribution in [3.05, 3.63) is 81.0 Å². The average molecular weight is 563 g/mol. The normalized spacial score (nSPS) is 17.2. The molecule has 1 N–H and O–H groups in total. The summed E-state index contributed by atoms with van der Waals surface area (Å²) in [5.41, 5.74) is 7.88. The van der Waals surface area contributed by atoms with E-state index in [0.29, 0.717) is 36.0 Å². The highest BCUT2D eigenvalue weighted by Crippen LogP contribution is 2.27. The van der Waals surface area contributed by atoms with Gasteiger partial charge in [0.05, 0.1) is 5.60 Å². The zero-order valence-corrected chi connectivity index (χ0v) is 27.7. The van der Waals surface area contributed by atoms with Gasteiger partial charge < -0.3 is 5.11 Å². The highest BCUT2D eigenvalue weighted by Gasteiger charge is 2.26. The molecule has 3 heteroatoms. The summed E-state index contributed by atoms with van der Waals surface area (Å²) in [5.74, 6) is -0.154. The Labute approximate surface area is 252 Å². The molecule has 1 atom stereocenters. The largest absolute Gasteiger partial charge is 0.390 e. The van der Waals surface area contributed by atoms with E-state index in [0.717, 1.165) is 57.8 Å². The molecule has 1 aliphatic carbocycles. The van der Waals surface area contributed by atoms with E-state index in [1.165, 1.54) is 33.9 Å². The first-order valence-electron chi connectivity index (χ1n) is 15.7. The van der Waals surface area contributed by atoms with Crippen molar-refractivity contribution in [2.75, 3.05) is 0 Å². The summed E-state index contributed by atoms with van der Waals surface area (Å²) in [6.45, 7) is 18.4. The second-order valence-corrected chi connectivity index (χ2v) is 12.8. The summed E-state index contributed by atoms with van der Waals surface area (Å²) in [5, 5.41) is 10.8. The van der Waals surface area contributed by atoms with Crippen molar-refractivity contribution >= 4 is 11.6 Å². The van der Waals surface area contributed by atoms with Crippen molar-refractivity contribution in [1.82, 2.24) is 0 Å². The van der Waals surface area contributed by atoms with Crippen molar-refractivity contribution in [3.63, 3.8) is 0 Å². The molecule has 228 valence electrons. The average Bonchev–Trinajstić information content (AvgIpc) is 2.88. The number of carbonyl (C=O) groups is 2. The first kappa shape index (κ1) is 36.5. The first-order chi connectivity index (χ1) is 19.2. The topological polar surface area (TPSA) is 54.4 Å². The Bertz CT molecular complexity index is 1110. The van der Waals surface area contributed by atoms with Crippen LogP contribution in [0.5, 0.6) is 0 Å². The fraction of sp³-hybridized carbons (Fsp3) is 0.579.